The minimum Gasteiger partial charge on any atom is -0.465 e. The highest BCUT2D eigenvalue weighted by Gasteiger charge is 2.15. The maximum Gasteiger partial charge on any atom is 0.338 e. The van der Waals surface area contributed by atoms with E-state index in [1.54, 1.807) is 6.07 Å². The number of hydrogen-bond donors (Lipinski definition) is 1. The fraction of sp³-hybridized carbons (Fsp3) is 0.500. The molecule has 0 radical (unpaired) electrons. The van der Waals surface area contributed by atoms with Crippen molar-refractivity contribution in [2.75, 3.05) is 7.11 Å². The highest BCUT2D eigenvalue weighted by Crippen LogP contribution is 2.21. The minimum atomic E-state index is -0.313. The van der Waals surface area contributed by atoms with Crippen LogP contribution in [0, 0.1) is 0 Å². The first-order valence-electron chi connectivity index (χ1n) is 6.13. The number of ether oxygens (including phenoxy) is 1. The minimum absolute atomic E-state index is 0.0863. The molecule has 94 valence electrons. The highest BCUT2D eigenvalue weighted by molar-refractivity contribution is 5.91. The zero-order valence-electron chi connectivity index (χ0n) is 10.6. The zero-order valence-corrected chi connectivity index (χ0v) is 10.6. The Morgan fingerprint density at radius 2 is 2.06 bits per heavy atom. The van der Waals surface area contributed by atoms with Crippen LogP contribution in [0.2, 0.25) is 0 Å². The smallest absolute Gasteiger partial charge is 0.338 e. The van der Waals surface area contributed by atoms with Gasteiger partial charge in [0.1, 0.15) is 0 Å². The molecule has 0 heterocycles. The number of methoxy groups -OCH3 is 1. The molecule has 3 heteroatoms. The topological polar surface area (TPSA) is 52.3 Å². The summed E-state index contributed by atoms with van der Waals surface area (Å²) in [6.45, 7) is 2.16. The summed E-state index contributed by atoms with van der Waals surface area (Å²) in [7, 11) is 1.39. The molecule has 0 amide bonds. The van der Waals surface area contributed by atoms with Crippen molar-refractivity contribution in [3.8, 4) is 0 Å². The second-order valence-electron chi connectivity index (χ2n) is 4.18. The third kappa shape index (κ3) is 3.86. The fourth-order valence-corrected chi connectivity index (χ4v) is 1.89. The molecular formula is C14H21NO2. The molecule has 17 heavy (non-hydrogen) atoms. The van der Waals surface area contributed by atoms with Crippen molar-refractivity contribution in [1.29, 1.82) is 0 Å². The average Bonchev–Trinajstić information content (AvgIpc) is 2.38. The number of benzene rings is 1. The normalized spacial score (nSPS) is 12.2. The summed E-state index contributed by atoms with van der Waals surface area (Å²) in [6.07, 6.45) is 4.34. The van der Waals surface area contributed by atoms with Crippen LogP contribution >= 0.6 is 0 Å². The number of hydrogen-bond acceptors (Lipinski definition) is 3. The average molecular weight is 235 g/mol. The Bertz CT molecular complexity index is 363. The summed E-state index contributed by atoms with van der Waals surface area (Å²) >= 11 is 0. The van der Waals surface area contributed by atoms with Gasteiger partial charge in [-0.05, 0) is 18.1 Å². The molecule has 1 aromatic carbocycles. The number of carbonyl (C=O) groups excluding carboxylic acids is 1. The van der Waals surface area contributed by atoms with Crippen LogP contribution in [0.25, 0.3) is 0 Å². The molecule has 1 aromatic rings. The lowest BCUT2D eigenvalue weighted by Crippen LogP contribution is -2.15. The van der Waals surface area contributed by atoms with E-state index in [2.05, 4.69) is 6.92 Å². The van der Waals surface area contributed by atoms with Gasteiger partial charge in [0, 0.05) is 6.04 Å². The second kappa shape index (κ2) is 7.07. The van der Waals surface area contributed by atoms with Gasteiger partial charge in [0.15, 0.2) is 0 Å². The van der Waals surface area contributed by atoms with E-state index in [-0.39, 0.29) is 12.0 Å². The van der Waals surface area contributed by atoms with Crippen molar-refractivity contribution in [3.05, 3.63) is 35.4 Å². The molecule has 0 spiro atoms. The molecule has 0 saturated heterocycles. The van der Waals surface area contributed by atoms with Crippen LogP contribution in [0.3, 0.4) is 0 Å². The van der Waals surface area contributed by atoms with Crippen LogP contribution in [-0.2, 0) is 4.74 Å². The van der Waals surface area contributed by atoms with Crippen molar-refractivity contribution in [2.45, 2.75) is 38.6 Å². The van der Waals surface area contributed by atoms with E-state index < -0.39 is 0 Å². The molecule has 0 aliphatic heterocycles. The van der Waals surface area contributed by atoms with E-state index in [0.29, 0.717) is 5.56 Å². The zero-order chi connectivity index (χ0) is 12.7. The molecule has 1 rings (SSSR count). The summed E-state index contributed by atoms with van der Waals surface area (Å²) in [6, 6.07) is 7.32. The van der Waals surface area contributed by atoms with Crippen molar-refractivity contribution in [1.82, 2.24) is 0 Å². The predicted molar refractivity (Wildman–Crippen MR) is 68.9 cm³/mol. The molecule has 2 N–H and O–H groups in total. The van der Waals surface area contributed by atoms with Crippen molar-refractivity contribution in [2.24, 2.45) is 5.73 Å². The van der Waals surface area contributed by atoms with Crippen LogP contribution in [0.15, 0.2) is 24.3 Å². The van der Waals surface area contributed by atoms with Crippen LogP contribution in [0.1, 0.15) is 54.6 Å². The summed E-state index contributed by atoms with van der Waals surface area (Å²) in [5.74, 6) is -0.313. The third-order valence-corrected chi connectivity index (χ3v) is 2.88. The Morgan fingerprint density at radius 3 is 2.71 bits per heavy atom. The van der Waals surface area contributed by atoms with Crippen molar-refractivity contribution in [3.63, 3.8) is 0 Å². The maximum atomic E-state index is 11.6. The van der Waals surface area contributed by atoms with Gasteiger partial charge in [0.25, 0.3) is 0 Å². The van der Waals surface area contributed by atoms with E-state index in [1.165, 1.54) is 20.0 Å². The molecule has 0 fully saturated rings. The predicted octanol–water partition coefficient (Wildman–Crippen LogP) is 3.05. The van der Waals surface area contributed by atoms with Crippen LogP contribution in [0.4, 0.5) is 0 Å². The number of esters is 1. The lowest BCUT2D eigenvalue weighted by atomic mass is 9.96. The largest absolute Gasteiger partial charge is 0.465 e. The van der Waals surface area contributed by atoms with Gasteiger partial charge >= 0.3 is 5.97 Å². The second-order valence-corrected chi connectivity index (χ2v) is 4.18. The lowest BCUT2D eigenvalue weighted by Gasteiger charge is -2.15. The van der Waals surface area contributed by atoms with Gasteiger partial charge in [-0.1, -0.05) is 44.4 Å². The lowest BCUT2D eigenvalue weighted by molar-refractivity contribution is 0.0599. The quantitative estimate of drug-likeness (QED) is 0.609. The standard InChI is InChI=1S/C14H21NO2/c1-3-4-5-10-13(15)11-8-6-7-9-12(11)14(16)17-2/h6-9,13H,3-5,10,15H2,1-2H3/t13-/m1/s1. The van der Waals surface area contributed by atoms with Gasteiger partial charge < -0.3 is 10.5 Å². The van der Waals surface area contributed by atoms with E-state index >= 15 is 0 Å². The first kappa shape index (κ1) is 13.7. The van der Waals surface area contributed by atoms with Crippen molar-refractivity contribution < 1.29 is 9.53 Å². The van der Waals surface area contributed by atoms with Gasteiger partial charge in [0.05, 0.1) is 12.7 Å². The molecule has 3 nitrogen and oxygen atoms in total. The monoisotopic (exact) mass is 235 g/mol. The van der Waals surface area contributed by atoms with Gasteiger partial charge in [-0.25, -0.2) is 4.79 Å². The van der Waals surface area contributed by atoms with Crippen molar-refractivity contribution >= 4 is 5.97 Å². The molecule has 0 bridgehead atoms. The van der Waals surface area contributed by atoms with Gasteiger partial charge in [-0.15, -0.1) is 0 Å². The summed E-state index contributed by atoms with van der Waals surface area (Å²) < 4.78 is 4.76. The van der Waals surface area contributed by atoms with Gasteiger partial charge in [-0.2, -0.15) is 0 Å². The Balaban J connectivity index is 2.78. The van der Waals surface area contributed by atoms with Gasteiger partial charge in [-0.3, -0.25) is 0 Å². The molecule has 0 aliphatic carbocycles. The number of unbranched alkanes of at least 4 members (excludes halogenated alkanes) is 2. The fourth-order valence-electron chi connectivity index (χ4n) is 1.89. The first-order chi connectivity index (χ1) is 8.20. The van der Waals surface area contributed by atoms with Gasteiger partial charge in [0.2, 0.25) is 0 Å². The summed E-state index contributed by atoms with van der Waals surface area (Å²) in [4.78, 5) is 11.6. The summed E-state index contributed by atoms with van der Waals surface area (Å²) in [5, 5.41) is 0. The molecular weight excluding hydrogens is 214 g/mol. The van der Waals surface area contributed by atoms with E-state index in [1.807, 2.05) is 18.2 Å². The Kier molecular flexibility index (Phi) is 5.70. The van der Waals surface area contributed by atoms with E-state index in [0.717, 1.165) is 18.4 Å². The Morgan fingerprint density at radius 1 is 1.35 bits per heavy atom. The number of rotatable bonds is 6. The highest BCUT2D eigenvalue weighted by atomic mass is 16.5. The van der Waals surface area contributed by atoms with Crippen LogP contribution in [-0.4, -0.2) is 13.1 Å². The van der Waals surface area contributed by atoms with Crippen LogP contribution in [0.5, 0.6) is 0 Å². The van der Waals surface area contributed by atoms with E-state index in [9.17, 15) is 4.79 Å². The molecule has 0 unspecified atom stereocenters. The molecule has 0 aliphatic rings. The number of carbonyl (C=O) groups is 1. The summed E-state index contributed by atoms with van der Waals surface area (Å²) in [5.41, 5.74) is 7.59. The SMILES string of the molecule is CCCCC[C@@H](N)c1ccccc1C(=O)OC. The Hall–Kier alpha value is -1.35. The molecule has 0 aromatic heterocycles. The maximum absolute atomic E-state index is 11.6. The molecule has 0 saturated carbocycles. The number of nitrogens with two attached hydrogens (primary N) is 1. The first-order valence-corrected chi connectivity index (χ1v) is 6.13. The molecule has 1 atom stereocenters. The third-order valence-electron chi connectivity index (χ3n) is 2.88. The Labute approximate surface area is 103 Å². The van der Waals surface area contributed by atoms with E-state index in [4.69, 9.17) is 10.5 Å². The van der Waals surface area contributed by atoms with Crippen LogP contribution < -0.4 is 5.73 Å².